The van der Waals surface area contributed by atoms with Crippen LogP contribution in [-0.4, -0.2) is 37.3 Å². The zero-order valence-electron chi connectivity index (χ0n) is 56.8. The van der Waals surface area contributed by atoms with Crippen LogP contribution in [0.5, 0.6) is 34.5 Å². The largest absolute Gasteiger partial charge is 0.537 e. The van der Waals surface area contributed by atoms with Gasteiger partial charge in [0.15, 0.2) is 0 Å². The normalized spacial score (nSPS) is 15.0. The third kappa shape index (κ3) is 6.79. The fourth-order valence-corrected chi connectivity index (χ4v) is 20.4. The van der Waals surface area contributed by atoms with E-state index >= 15 is 0 Å². The van der Waals surface area contributed by atoms with E-state index in [-0.39, 0.29) is 0 Å². The Morgan fingerprint density at radius 3 is 0.869 bits per heavy atom. The second-order valence-corrected chi connectivity index (χ2v) is 29.3. The van der Waals surface area contributed by atoms with E-state index < -0.39 is 34.5 Å². The number of fused-ring (bicyclic) bond motifs is 12. The number of hydrogen-bond acceptors (Lipinski definition) is 10. The Balaban J connectivity index is 0.782. The summed E-state index contributed by atoms with van der Waals surface area (Å²) in [4.78, 5) is 9.71. The molecule has 0 aliphatic carbocycles. The van der Waals surface area contributed by atoms with Crippen molar-refractivity contribution < 1.29 is 28.1 Å². The number of benzene rings is 15. The number of nitrogens with zero attached hydrogens (tertiary/aromatic N) is 6. The van der Waals surface area contributed by atoms with Crippen molar-refractivity contribution in [1.82, 2.24) is 9.13 Å². The molecular formula is C91H50B4N6O6. The van der Waals surface area contributed by atoms with Crippen molar-refractivity contribution in [2.75, 3.05) is 19.2 Å². The van der Waals surface area contributed by atoms with Gasteiger partial charge in [0.2, 0.25) is 0 Å². The summed E-state index contributed by atoms with van der Waals surface area (Å²) in [5.41, 5.74) is 31.2. The fraction of sp³-hybridized carbons (Fsp3) is 0.0110. The minimum atomic E-state index is -0.998. The van der Waals surface area contributed by atoms with Gasteiger partial charge in [-0.1, -0.05) is 182 Å². The molecule has 0 radical (unpaired) electrons. The molecule has 107 heavy (non-hydrogen) atoms. The Kier molecular flexibility index (Phi) is 10.3. The molecule has 492 valence electrons. The third-order valence-electron chi connectivity index (χ3n) is 24.3. The molecule has 0 amide bonds. The van der Waals surface area contributed by atoms with Crippen LogP contribution in [0.25, 0.3) is 122 Å². The highest BCUT2D eigenvalue weighted by Crippen LogP contribution is 2.68. The maximum atomic E-state index is 8.20. The standard InChI is InChI=1S/C91H50B4N6O6/c1-5-25-50(26-6-1)98-66-45-54(96-62-39-19-13-33-56(62)57-34-14-20-40-63(57)96)47-68-76(66)81-85-74(60-37-17-23-43-70(60)104-92(85)98)89-83-78-72(106-94(87(81)83)100(68)52-29-9-3-10-30-52)49-73-79-80(78)91(102-89)103-90-75-61-38-18-24-44-71(61)105-93-86(75)82-77-67(99(93)51-27-7-2-8-28-51)46-55(97-64-41-21-15-35-58(64)59-36-16-22-42-65(59)97)48-69(77)101(53-31-11-4-12-32-53)95(107-73)88(82)84(79)90/h1-49,91H. The average molecular weight is 1370 g/mol. The molecule has 0 spiro atoms. The minimum Gasteiger partial charge on any atom is -0.537 e. The molecule has 2 aromatic heterocycles. The topological polar surface area (TPSA) is 78.2 Å². The lowest BCUT2D eigenvalue weighted by atomic mass is 9.49. The Hall–Kier alpha value is -13.8. The monoisotopic (exact) mass is 1370 g/mol. The van der Waals surface area contributed by atoms with Gasteiger partial charge in [0.05, 0.1) is 39.0 Å². The van der Waals surface area contributed by atoms with E-state index in [9.17, 15) is 0 Å². The molecule has 12 heterocycles. The van der Waals surface area contributed by atoms with Gasteiger partial charge in [-0.15, -0.1) is 0 Å². The van der Waals surface area contributed by atoms with Gasteiger partial charge in [-0.2, -0.15) is 0 Å². The summed E-state index contributed by atoms with van der Waals surface area (Å²) in [6.07, 6.45) is -0.998. The molecule has 0 saturated heterocycles. The molecule has 0 unspecified atom stereocenters. The van der Waals surface area contributed by atoms with Crippen LogP contribution in [0.15, 0.2) is 297 Å². The molecule has 15 aromatic carbocycles. The number of anilines is 8. The van der Waals surface area contributed by atoms with Crippen molar-refractivity contribution in [1.29, 1.82) is 0 Å². The molecule has 0 fully saturated rings. The van der Waals surface area contributed by atoms with Crippen molar-refractivity contribution in [3.63, 3.8) is 0 Å². The number of aromatic nitrogens is 2. The molecule has 0 N–H and O–H groups in total. The Morgan fingerprint density at radius 1 is 0.234 bits per heavy atom. The van der Waals surface area contributed by atoms with E-state index in [1.165, 1.54) is 21.5 Å². The predicted molar refractivity (Wildman–Crippen MR) is 430 cm³/mol. The van der Waals surface area contributed by atoms with Crippen LogP contribution in [0.3, 0.4) is 0 Å². The second kappa shape index (κ2) is 19.7. The highest BCUT2D eigenvalue weighted by atomic mass is 16.7. The maximum absolute atomic E-state index is 8.20. The van der Waals surface area contributed by atoms with Crippen LogP contribution in [0, 0.1) is 0 Å². The lowest BCUT2D eigenvalue weighted by molar-refractivity contribution is 0.000598. The highest BCUT2D eigenvalue weighted by molar-refractivity contribution is 6.86. The molecule has 27 rings (SSSR count). The van der Waals surface area contributed by atoms with Crippen LogP contribution in [0.2, 0.25) is 0 Å². The first-order chi connectivity index (χ1) is 53.1. The summed E-state index contributed by atoms with van der Waals surface area (Å²) in [6.45, 7) is 0. The van der Waals surface area contributed by atoms with E-state index in [0.29, 0.717) is 11.5 Å². The Labute approximate surface area is 613 Å². The van der Waals surface area contributed by atoms with Crippen molar-refractivity contribution >= 4 is 139 Å². The van der Waals surface area contributed by atoms with Gasteiger partial charge in [0, 0.05) is 151 Å². The summed E-state index contributed by atoms with van der Waals surface area (Å²) < 4.78 is 53.0. The lowest BCUT2D eigenvalue weighted by Crippen LogP contribution is -2.64. The summed E-state index contributed by atoms with van der Waals surface area (Å²) in [6, 6.07) is 107. The van der Waals surface area contributed by atoms with Crippen LogP contribution < -0.4 is 69.2 Å². The van der Waals surface area contributed by atoms with E-state index in [1.807, 2.05) is 0 Å². The molecule has 16 heteroatoms. The molecule has 17 aromatic rings. The molecule has 0 atom stereocenters. The van der Waals surface area contributed by atoms with Crippen LogP contribution in [0.1, 0.15) is 11.9 Å². The Morgan fingerprint density at radius 2 is 0.523 bits per heavy atom. The fourth-order valence-electron chi connectivity index (χ4n) is 20.4. The molecule has 10 aliphatic heterocycles. The van der Waals surface area contributed by atoms with E-state index in [4.69, 9.17) is 28.1 Å². The first kappa shape index (κ1) is 55.7. The number of hydrogen-bond donors (Lipinski definition) is 0. The smallest absolute Gasteiger partial charge is 0.525 e. The second-order valence-electron chi connectivity index (χ2n) is 29.3. The summed E-state index contributed by atoms with van der Waals surface area (Å²) in [5.74, 6) is 4.29. The zero-order valence-corrected chi connectivity index (χ0v) is 56.8. The molecule has 10 aliphatic rings. The van der Waals surface area contributed by atoms with Crippen LogP contribution in [0.4, 0.5) is 45.5 Å². The van der Waals surface area contributed by atoms with Gasteiger partial charge in [-0.05, 0) is 120 Å². The first-order valence-electron chi connectivity index (χ1n) is 36.7. The average Bonchev–Trinajstić information content (AvgIpc) is 1.18. The molecular weight excluding hydrogens is 1320 g/mol. The quantitative estimate of drug-likeness (QED) is 0.150. The van der Waals surface area contributed by atoms with E-state index in [0.717, 1.165) is 196 Å². The van der Waals surface area contributed by atoms with E-state index in [2.05, 4.69) is 326 Å². The van der Waals surface area contributed by atoms with Gasteiger partial charge >= 0.3 is 28.2 Å². The van der Waals surface area contributed by atoms with Crippen molar-refractivity contribution in [3.8, 4) is 113 Å². The van der Waals surface area contributed by atoms with Crippen LogP contribution in [-0.2, 0) is 0 Å². The van der Waals surface area contributed by atoms with Gasteiger partial charge in [0.25, 0.3) is 6.29 Å². The number of para-hydroxylation sites is 10. The summed E-state index contributed by atoms with van der Waals surface area (Å²) >= 11 is 0. The van der Waals surface area contributed by atoms with Crippen molar-refractivity contribution in [2.24, 2.45) is 0 Å². The molecule has 12 nitrogen and oxygen atoms in total. The number of ether oxygens (including phenoxy) is 2. The maximum Gasteiger partial charge on any atom is 0.525 e. The van der Waals surface area contributed by atoms with Gasteiger partial charge in [-0.25, -0.2) is 0 Å². The molecule has 0 saturated carbocycles. The van der Waals surface area contributed by atoms with Gasteiger partial charge in [-0.3, -0.25) is 0 Å². The highest BCUT2D eigenvalue weighted by Gasteiger charge is 2.62. The SMILES string of the molecule is c1ccc(N2B3Oc4ccccc4-c4c5c6c7c(c43)-c3c2cc(-n2c4ccccc4c4ccccc42)cc3N(c2ccccc2)B7Oc2cc3c4c(c2-6)C(O5)Oc2c5c6c7c(c2-4)B(O3)N(c2ccccc2)c2cc(-n3c4ccccc4c4ccccc43)cc(c2-7)N(c2ccccc2)B6Oc2ccccc2-5)cc1. The van der Waals surface area contributed by atoms with Crippen molar-refractivity contribution in [3.05, 3.63) is 303 Å². The summed E-state index contributed by atoms with van der Waals surface area (Å²) in [7, 11) is -2.83. The molecule has 0 bridgehead atoms. The predicted octanol–water partition coefficient (Wildman–Crippen LogP) is 18.6. The summed E-state index contributed by atoms with van der Waals surface area (Å²) in [5, 5.41) is 4.72. The van der Waals surface area contributed by atoms with Gasteiger partial charge in [0.1, 0.15) is 34.5 Å². The lowest BCUT2D eigenvalue weighted by Gasteiger charge is -2.52. The first-order valence-corrected chi connectivity index (χ1v) is 36.7. The van der Waals surface area contributed by atoms with Crippen LogP contribution >= 0.6 is 0 Å². The Bertz CT molecular complexity index is 6480. The van der Waals surface area contributed by atoms with E-state index in [1.54, 1.807) is 0 Å². The third-order valence-corrected chi connectivity index (χ3v) is 24.3. The minimum absolute atomic E-state index is 0.672. The van der Waals surface area contributed by atoms with Gasteiger partial charge < -0.3 is 56.5 Å². The number of rotatable bonds is 6. The van der Waals surface area contributed by atoms with Crippen molar-refractivity contribution in [2.45, 2.75) is 6.29 Å². The zero-order chi connectivity index (χ0) is 68.9.